The molecule has 102 valence electrons. The van der Waals surface area contributed by atoms with Crippen molar-refractivity contribution in [2.45, 2.75) is 42.2 Å². The maximum atomic E-state index is 11.5. The Bertz CT molecular complexity index is 470. The number of hydrogen-bond donors (Lipinski definition) is 2. The molecule has 0 spiro atoms. The number of aliphatic carboxylic acids is 1. The fourth-order valence-electron chi connectivity index (χ4n) is 2.19. The second-order valence-electron chi connectivity index (χ2n) is 4.64. The topological polar surface area (TPSA) is 66.4 Å². The molecule has 0 aromatic heterocycles. The number of rotatable bonds is 5. The molecular formula is C14H17NO3S. The van der Waals surface area contributed by atoms with Gasteiger partial charge in [-0.15, -0.1) is 11.8 Å². The Labute approximate surface area is 116 Å². The van der Waals surface area contributed by atoms with E-state index in [4.69, 9.17) is 5.11 Å². The Morgan fingerprint density at radius 2 is 1.95 bits per heavy atom. The number of amides is 1. The molecule has 19 heavy (non-hydrogen) atoms. The van der Waals surface area contributed by atoms with Gasteiger partial charge >= 0.3 is 5.97 Å². The zero-order valence-corrected chi connectivity index (χ0v) is 11.4. The van der Waals surface area contributed by atoms with Crippen LogP contribution in [0.5, 0.6) is 0 Å². The van der Waals surface area contributed by atoms with Gasteiger partial charge in [0.2, 0.25) is 5.91 Å². The van der Waals surface area contributed by atoms with E-state index < -0.39 is 18.3 Å². The number of carboxylic acids is 1. The summed E-state index contributed by atoms with van der Waals surface area (Å²) in [5, 5.41) is 11.9. The van der Waals surface area contributed by atoms with Gasteiger partial charge in [0.15, 0.2) is 0 Å². The van der Waals surface area contributed by atoms with Crippen LogP contribution in [0.1, 0.15) is 32.1 Å². The number of benzene rings is 1. The van der Waals surface area contributed by atoms with Gasteiger partial charge in [-0.25, -0.2) is 0 Å². The molecule has 1 saturated carbocycles. The lowest BCUT2D eigenvalue weighted by Gasteiger charge is -2.13. The van der Waals surface area contributed by atoms with Crippen LogP contribution in [-0.2, 0) is 9.59 Å². The molecule has 0 aliphatic heterocycles. The van der Waals surface area contributed by atoms with Crippen molar-refractivity contribution in [1.82, 2.24) is 0 Å². The second kappa shape index (κ2) is 6.61. The second-order valence-corrected chi connectivity index (χ2v) is 5.98. The summed E-state index contributed by atoms with van der Waals surface area (Å²) in [5.74, 6) is -1.59. The molecule has 2 N–H and O–H groups in total. The van der Waals surface area contributed by atoms with E-state index in [2.05, 4.69) is 5.32 Å². The Balaban J connectivity index is 2.02. The summed E-state index contributed by atoms with van der Waals surface area (Å²) in [5.41, 5.74) is 0.714. The van der Waals surface area contributed by atoms with E-state index in [1.165, 1.54) is 25.7 Å². The van der Waals surface area contributed by atoms with E-state index in [1.807, 2.05) is 24.3 Å². The molecular weight excluding hydrogens is 262 g/mol. The lowest BCUT2D eigenvalue weighted by Crippen LogP contribution is -2.16. The van der Waals surface area contributed by atoms with E-state index in [0.717, 1.165) is 4.90 Å². The van der Waals surface area contributed by atoms with Crippen LogP contribution in [0.4, 0.5) is 5.69 Å². The molecule has 1 aliphatic carbocycles. The van der Waals surface area contributed by atoms with Crippen molar-refractivity contribution in [3.8, 4) is 0 Å². The minimum atomic E-state index is -1.11. The number of anilines is 1. The number of hydrogen-bond acceptors (Lipinski definition) is 3. The van der Waals surface area contributed by atoms with Crippen LogP contribution < -0.4 is 5.32 Å². The minimum Gasteiger partial charge on any atom is -0.481 e. The molecule has 1 aromatic carbocycles. The lowest BCUT2D eigenvalue weighted by molar-refractivity contribution is -0.139. The average Bonchev–Trinajstić information content (AvgIpc) is 2.83. The standard InChI is InChI=1S/C14H17NO3S/c16-13(9-14(17)18)15-11-7-3-4-8-12(11)19-10-5-1-2-6-10/h3-4,7-8,10H,1-2,5-6,9H2,(H,15,16)(H,17,18). The molecule has 0 bridgehead atoms. The molecule has 1 aliphatic rings. The van der Waals surface area contributed by atoms with Gasteiger partial charge in [-0.1, -0.05) is 25.0 Å². The summed E-state index contributed by atoms with van der Waals surface area (Å²) in [4.78, 5) is 23.0. The first-order valence-corrected chi connectivity index (χ1v) is 7.30. The van der Waals surface area contributed by atoms with Crippen molar-refractivity contribution in [2.24, 2.45) is 0 Å². The molecule has 0 unspecified atom stereocenters. The molecule has 0 saturated heterocycles. The SMILES string of the molecule is O=C(O)CC(=O)Nc1ccccc1SC1CCCC1. The van der Waals surface area contributed by atoms with Crippen LogP contribution in [-0.4, -0.2) is 22.2 Å². The highest BCUT2D eigenvalue weighted by Crippen LogP contribution is 2.37. The maximum absolute atomic E-state index is 11.5. The van der Waals surface area contributed by atoms with Gasteiger partial charge in [-0.2, -0.15) is 0 Å². The minimum absolute atomic E-state index is 0.480. The quantitative estimate of drug-likeness (QED) is 0.813. The van der Waals surface area contributed by atoms with E-state index in [1.54, 1.807) is 11.8 Å². The van der Waals surface area contributed by atoms with Gasteiger partial charge in [0, 0.05) is 10.1 Å². The summed E-state index contributed by atoms with van der Waals surface area (Å²) in [6.45, 7) is 0. The normalized spacial score (nSPS) is 15.4. The van der Waals surface area contributed by atoms with Crippen LogP contribution in [0.3, 0.4) is 0 Å². The van der Waals surface area contributed by atoms with E-state index in [0.29, 0.717) is 10.9 Å². The molecule has 4 nitrogen and oxygen atoms in total. The highest BCUT2D eigenvalue weighted by atomic mass is 32.2. The summed E-state index contributed by atoms with van der Waals surface area (Å²) in [6.07, 6.45) is 4.46. The zero-order valence-electron chi connectivity index (χ0n) is 10.6. The third kappa shape index (κ3) is 4.28. The summed E-state index contributed by atoms with van der Waals surface area (Å²) < 4.78 is 0. The van der Waals surface area contributed by atoms with Crippen LogP contribution in [0.25, 0.3) is 0 Å². The predicted molar refractivity (Wildman–Crippen MR) is 75.4 cm³/mol. The van der Waals surface area contributed by atoms with Crippen molar-refractivity contribution < 1.29 is 14.7 Å². The highest BCUT2D eigenvalue weighted by molar-refractivity contribution is 8.00. The van der Waals surface area contributed by atoms with Crippen LogP contribution in [0.2, 0.25) is 0 Å². The Morgan fingerprint density at radius 3 is 2.63 bits per heavy atom. The predicted octanol–water partition coefficient (Wildman–Crippen LogP) is 3.13. The van der Waals surface area contributed by atoms with Gasteiger partial charge in [-0.3, -0.25) is 9.59 Å². The van der Waals surface area contributed by atoms with Crippen molar-refractivity contribution >= 4 is 29.3 Å². The smallest absolute Gasteiger partial charge is 0.312 e. The molecule has 1 amide bonds. The third-order valence-corrected chi connectivity index (χ3v) is 4.48. The molecule has 1 aromatic rings. The van der Waals surface area contributed by atoms with Crippen molar-refractivity contribution in [2.75, 3.05) is 5.32 Å². The van der Waals surface area contributed by atoms with E-state index in [-0.39, 0.29) is 0 Å². The molecule has 0 radical (unpaired) electrons. The lowest BCUT2D eigenvalue weighted by atomic mass is 10.3. The maximum Gasteiger partial charge on any atom is 0.312 e. The van der Waals surface area contributed by atoms with E-state index >= 15 is 0 Å². The zero-order chi connectivity index (χ0) is 13.7. The number of carboxylic acid groups (broad SMARTS) is 1. The van der Waals surface area contributed by atoms with Gasteiger partial charge in [0.1, 0.15) is 6.42 Å². The van der Waals surface area contributed by atoms with Gasteiger partial charge in [-0.05, 0) is 25.0 Å². The van der Waals surface area contributed by atoms with Crippen molar-refractivity contribution in [3.63, 3.8) is 0 Å². The van der Waals surface area contributed by atoms with Gasteiger partial charge in [0.05, 0.1) is 5.69 Å². The fraction of sp³-hybridized carbons (Fsp3) is 0.429. The summed E-state index contributed by atoms with van der Waals surface area (Å²) in [7, 11) is 0. The first-order valence-electron chi connectivity index (χ1n) is 6.42. The first kappa shape index (κ1) is 13.9. The van der Waals surface area contributed by atoms with Crippen LogP contribution in [0.15, 0.2) is 29.2 Å². The van der Waals surface area contributed by atoms with Crippen molar-refractivity contribution in [3.05, 3.63) is 24.3 Å². The Hall–Kier alpha value is -1.49. The summed E-state index contributed by atoms with van der Waals surface area (Å²) >= 11 is 1.78. The highest BCUT2D eigenvalue weighted by Gasteiger charge is 2.18. The van der Waals surface area contributed by atoms with Crippen LogP contribution in [0, 0.1) is 0 Å². The average molecular weight is 279 g/mol. The third-order valence-electron chi connectivity index (χ3n) is 3.07. The summed E-state index contributed by atoms with van der Waals surface area (Å²) in [6, 6.07) is 7.57. The number of carbonyl (C=O) groups excluding carboxylic acids is 1. The van der Waals surface area contributed by atoms with Gasteiger partial charge in [0.25, 0.3) is 0 Å². The molecule has 0 heterocycles. The number of thioether (sulfide) groups is 1. The molecule has 2 rings (SSSR count). The largest absolute Gasteiger partial charge is 0.481 e. The Kier molecular flexibility index (Phi) is 4.85. The Morgan fingerprint density at radius 1 is 1.26 bits per heavy atom. The first-order chi connectivity index (χ1) is 9.15. The monoisotopic (exact) mass is 279 g/mol. The van der Waals surface area contributed by atoms with E-state index in [9.17, 15) is 9.59 Å². The number of para-hydroxylation sites is 1. The molecule has 5 heteroatoms. The molecule has 1 fully saturated rings. The van der Waals surface area contributed by atoms with Crippen LogP contribution >= 0.6 is 11.8 Å². The number of nitrogens with one attached hydrogen (secondary N) is 1. The fourth-order valence-corrected chi connectivity index (χ4v) is 3.52. The molecule has 0 atom stereocenters. The van der Waals surface area contributed by atoms with Gasteiger partial charge < -0.3 is 10.4 Å². The van der Waals surface area contributed by atoms with Crippen molar-refractivity contribution in [1.29, 1.82) is 0 Å². The number of carbonyl (C=O) groups is 2.